The SMILES string of the molecule is Cc1cc(C)nc(NCC(O)CN2CCC(C)CC2)n1. The van der Waals surface area contributed by atoms with Crippen LogP contribution in [0.25, 0.3) is 0 Å². The fourth-order valence-corrected chi connectivity index (χ4v) is 2.62. The van der Waals surface area contributed by atoms with Crippen molar-refractivity contribution in [3.05, 3.63) is 17.5 Å². The minimum Gasteiger partial charge on any atom is -0.390 e. The Kier molecular flexibility index (Phi) is 5.31. The molecule has 0 radical (unpaired) electrons. The van der Waals surface area contributed by atoms with Gasteiger partial charge < -0.3 is 15.3 Å². The molecule has 2 N–H and O–H groups in total. The van der Waals surface area contributed by atoms with E-state index in [1.807, 2.05) is 19.9 Å². The first kappa shape index (κ1) is 15.2. The van der Waals surface area contributed by atoms with Crippen LogP contribution >= 0.6 is 0 Å². The van der Waals surface area contributed by atoms with Crippen molar-refractivity contribution in [2.75, 3.05) is 31.5 Å². The predicted octanol–water partition coefficient (Wildman–Crippen LogP) is 1.60. The molecule has 20 heavy (non-hydrogen) atoms. The van der Waals surface area contributed by atoms with Crippen LogP contribution in [0.2, 0.25) is 0 Å². The van der Waals surface area contributed by atoms with Crippen LogP contribution < -0.4 is 5.32 Å². The van der Waals surface area contributed by atoms with Gasteiger partial charge >= 0.3 is 0 Å². The molecule has 112 valence electrons. The standard InChI is InChI=1S/C15H26N4O/c1-11-4-6-19(7-5-11)10-14(20)9-16-15-17-12(2)8-13(3)18-15/h8,11,14,20H,4-7,9-10H2,1-3H3,(H,16,17,18). The van der Waals surface area contributed by atoms with Gasteiger partial charge in [0.05, 0.1) is 6.10 Å². The highest BCUT2D eigenvalue weighted by Crippen LogP contribution is 2.16. The second-order valence-electron chi connectivity index (χ2n) is 5.99. The lowest BCUT2D eigenvalue weighted by Gasteiger charge is -2.31. The molecule has 1 aliphatic heterocycles. The molecule has 1 atom stereocenters. The highest BCUT2D eigenvalue weighted by molar-refractivity contribution is 5.27. The number of nitrogens with one attached hydrogen (secondary N) is 1. The third-order valence-corrected chi connectivity index (χ3v) is 3.82. The molecule has 2 heterocycles. The number of hydrogen-bond donors (Lipinski definition) is 2. The van der Waals surface area contributed by atoms with Crippen molar-refractivity contribution in [2.24, 2.45) is 5.92 Å². The van der Waals surface area contributed by atoms with Crippen LogP contribution in [0.4, 0.5) is 5.95 Å². The molecule has 2 rings (SSSR count). The van der Waals surface area contributed by atoms with E-state index in [0.717, 1.165) is 36.9 Å². The lowest BCUT2D eigenvalue weighted by Crippen LogP contribution is -2.40. The Morgan fingerprint density at radius 3 is 2.50 bits per heavy atom. The molecule has 0 aliphatic carbocycles. The molecule has 0 amide bonds. The zero-order valence-corrected chi connectivity index (χ0v) is 12.8. The summed E-state index contributed by atoms with van der Waals surface area (Å²) >= 11 is 0. The number of aliphatic hydroxyl groups excluding tert-OH is 1. The average molecular weight is 278 g/mol. The summed E-state index contributed by atoms with van der Waals surface area (Å²) in [6, 6.07) is 1.94. The largest absolute Gasteiger partial charge is 0.390 e. The molecule has 1 saturated heterocycles. The number of piperidine rings is 1. The van der Waals surface area contributed by atoms with E-state index in [9.17, 15) is 5.11 Å². The van der Waals surface area contributed by atoms with Gasteiger partial charge in [0, 0.05) is 24.5 Å². The van der Waals surface area contributed by atoms with Crippen LogP contribution in [0.5, 0.6) is 0 Å². The van der Waals surface area contributed by atoms with E-state index in [-0.39, 0.29) is 6.10 Å². The third-order valence-electron chi connectivity index (χ3n) is 3.82. The molecule has 1 aromatic heterocycles. The van der Waals surface area contributed by atoms with Crippen molar-refractivity contribution in [1.82, 2.24) is 14.9 Å². The molecule has 0 saturated carbocycles. The van der Waals surface area contributed by atoms with E-state index in [0.29, 0.717) is 12.5 Å². The summed E-state index contributed by atoms with van der Waals surface area (Å²) in [6.45, 7) is 9.61. The number of aliphatic hydroxyl groups is 1. The summed E-state index contributed by atoms with van der Waals surface area (Å²) in [5.41, 5.74) is 1.89. The first-order valence-corrected chi connectivity index (χ1v) is 7.49. The van der Waals surface area contributed by atoms with Gasteiger partial charge in [-0.25, -0.2) is 9.97 Å². The molecule has 5 nitrogen and oxygen atoms in total. The van der Waals surface area contributed by atoms with Gasteiger partial charge in [0.2, 0.25) is 5.95 Å². The van der Waals surface area contributed by atoms with Crippen molar-refractivity contribution in [1.29, 1.82) is 0 Å². The lowest BCUT2D eigenvalue weighted by atomic mass is 9.99. The first-order valence-electron chi connectivity index (χ1n) is 7.49. The van der Waals surface area contributed by atoms with Gasteiger partial charge in [-0.1, -0.05) is 6.92 Å². The summed E-state index contributed by atoms with van der Waals surface area (Å²) in [6.07, 6.45) is 2.09. The van der Waals surface area contributed by atoms with Gasteiger partial charge in [-0.15, -0.1) is 0 Å². The van der Waals surface area contributed by atoms with E-state index in [1.54, 1.807) is 0 Å². The molecule has 1 unspecified atom stereocenters. The quantitative estimate of drug-likeness (QED) is 0.856. The maximum atomic E-state index is 10.1. The molecule has 1 aliphatic rings. The molecular weight excluding hydrogens is 252 g/mol. The number of anilines is 1. The number of likely N-dealkylation sites (tertiary alicyclic amines) is 1. The van der Waals surface area contributed by atoms with Crippen LogP contribution in [0.1, 0.15) is 31.2 Å². The summed E-state index contributed by atoms with van der Waals surface area (Å²) in [5, 5.41) is 13.2. The fraction of sp³-hybridized carbons (Fsp3) is 0.733. The number of β-amino-alcohol motifs (C(OH)–C–C–N with tert-alkyl or cyclic N) is 1. The van der Waals surface area contributed by atoms with Crippen molar-refractivity contribution in [2.45, 2.75) is 39.7 Å². The normalized spacial score (nSPS) is 19.0. The topological polar surface area (TPSA) is 61.3 Å². The third kappa shape index (κ3) is 4.72. The van der Waals surface area contributed by atoms with Crippen molar-refractivity contribution in [3.63, 3.8) is 0 Å². The Morgan fingerprint density at radius 2 is 1.90 bits per heavy atom. The van der Waals surface area contributed by atoms with E-state index in [2.05, 4.69) is 27.1 Å². The fourth-order valence-electron chi connectivity index (χ4n) is 2.62. The van der Waals surface area contributed by atoms with Crippen molar-refractivity contribution >= 4 is 5.95 Å². The van der Waals surface area contributed by atoms with Crippen molar-refractivity contribution in [3.8, 4) is 0 Å². The summed E-state index contributed by atoms with van der Waals surface area (Å²) in [5.74, 6) is 1.43. The van der Waals surface area contributed by atoms with Gasteiger partial charge in [-0.05, 0) is 51.8 Å². The Bertz CT molecular complexity index is 410. The van der Waals surface area contributed by atoms with Crippen LogP contribution in [0.15, 0.2) is 6.07 Å². The van der Waals surface area contributed by atoms with Crippen LogP contribution in [-0.4, -0.2) is 52.3 Å². The second-order valence-corrected chi connectivity index (χ2v) is 5.99. The second kappa shape index (κ2) is 6.99. The summed E-state index contributed by atoms with van der Waals surface area (Å²) in [7, 11) is 0. The molecule has 1 aromatic rings. The van der Waals surface area contributed by atoms with Gasteiger partial charge in [-0.2, -0.15) is 0 Å². The van der Waals surface area contributed by atoms with E-state index >= 15 is 0 Å². The lowest BCUT2D eigenvalue weighted by molar-refractivity contribution is 0.0989. The van der Waals surface area contributed by atoms with Crippen LogP contribution in [0.3, 0.4) is 0 Å². The number of nitrogens with zero attached hydrogens (tertiary/aromatic N) is 3. The first-order chi connectivity index (χ1) is 9.52. The van der Waals surface area contributed by atoms with Crippen molar-refractivity contribution < 1.29 is 5.11 Å². The van der Waals surface area contributed by atoms with Gasteiger partial charge in [-0.3, -0.25) is 0 Å². The highest BCUT2D eigenvalue weighted by atomic mass is 16.3. The Morgan fingerprint density at radius 1 is 1.30 bits per heavy atom. The highest BCUT2D eigenvalue weighted by Gasteiger charge is 2.18. The van der Waals surface area contributed by atoms with E-state index in [1.165, 1.54) is 12.8 Å². The molecule has 0 bridgehead atoms. The number of rotatable bonds is 5. The monoisotopic (exact) mass is 278 g/mol. The van der Waals surface area contributed by atoms with E-state index < -0.39 is 0 Å². The predicted molar refractivity (Wildman–Crippen MR) is 80.8 cm³/mol. The van der Waals surface area contributed by atoms with E-state index in [4.69, 9.17) is 0 Å². The average Bonchev–Trinajstić information content (AvgIpc) is 2.38. The summed E-state index contributed by atoms with van der Waals surface area (Å²) in [4.78, 5) is 11.0. The molecule has 5 heteroatoms. The van der Waals surface area contributed by atoms with Gasteiger partial charge in [0.25, 0.3) is 0 Å². The van der Waals surface area contributed by atoms with Gasteiger partial charge in [0.15, 0.2) is 0 Å². The Balaban J connectivity index is 1.75. The maximum Gasteiger partial charge on any atom is 0.223 e. The smallest absolute Gasteiger partial charge is 0.223 e. The van der Waals surface area contributed by atoms with Gasteiger partial charge in [0.1, 0.15) is 0 Å². The molecule has 1 fully saturated rings. The molecular formula is C15H26N4O. The van der Waals surface area contributed by atoms with Crippen LogP contribution in [0, 0.1) is 19.8 Å². The zero-order chi connectivity index (χ0) is 14.5. The minimum absolute atomic E-state index is 0.382. The Labute approximate surface area is 121 Å². The van der Waals surface area contributed by atoms with Crippen LogP contribution in [-0.2, 0) is 0 Å². The minimum atomic E-state index is -0.382. The number of aromatic nitrogens is 2. The molecule has 0 spiro atoms. The number of aryl methyl sites for hydroxylation is 2. The maximum absolute atomic E-state index is 10.1. The Hall–Kier alpha value is -1.20. The number of hydrogen-bond acceptors (Lipinski definition) is 5. The summed E-state index contributed by atoms with van der Waals surface area (Å²) < 4.78 is 0. The molecule has 0 aromatic carbocycles. The zero-order valence-electron chi connectivity index (χ0n) is 12.8.